The summed E-state index contributed by atoms with van der Waals surface area (Å²) in [5, 5.41) is 17.2. The predicted molar refractivity (Wildman–Crippen MR) is 109 cm³/mol. The van der Waals surface area contributed by atoms with Crippen molar-refractivity contribution in [3.8, 4) is 0 Å². The largest absolute Gasteiger partial charge is 0.383 e. The molecule has 1 heterocycles. The van der Waals surface area contributed by atoms with Crippen LogP contribution in [0.25, 0.3) is 6.08 Å². The number of rotatable bonds is 4. The number of nitro groups is 1. The first kappa shape index (κ1) is 18.7. The lowest BCUT2D eigenvalue weighted by molar-refractivity contribution is -0.384. The van der Waals surface area contributed by atoms with E-state index >= 15 is 0 Å². The van der Waals surface area contributed by atoms with Gasteiger partial charge in [-0.15, -0.1) is 0 Å². The zero-order valence-corrected chi connectivity index (χ0v) is 15.9. The number of amides is 1. The van der Waals surface area contributed by atoms with Crippen molar-refractivity contribution in [3.63, 3.8) is 0 Å². The molecule has 0 aliphatic carbocycles. The van der Waals surface area contributed by atoms with Crippen molar-refractivity contribution < 1.29 is 9.72 Å². The summed E-state index contributed by atoms with van der Waals surface area (Å²) in [5.41, 5.74) is 3.82. The van der Waals surface area contributed by atoms with E-state index in [1.807, 2.05) is 32.0 Å². The molecule has 2 aromatic rings. The van der Waals surface area contributed by atoms with Gasteiger partial charge in [0.05, 0.1) is 15.5 Å². The maximum absolute atomic E-state index is 12.3. The number of nitrogens with zero attached hydrogens (tertiary/aromatic N) is 2. The number of nitro benzene ring substituents is 1. The number of nitrogens with one attached hydrogen (secondary N) is 2. The van der Waals surface area contributed by atoms with Gasteiger partial charge in [-0.25, -0.2) is 4.99 Å². The summed E-state index contributed by atoms with van der Waals surface area (Å²) in [4.78, 5) is 28.0. The second-order valence-corrected chi connectivity index (χ2v) is 7.04. The van der Waals surface area contributed by atoms with Crippen molar-refractivity contribution >= 4 is 46.0 Å². The summed E-state index contributed by atoms with van der Waals surface area (Å²) in [6.07, 6.45) is 1.62. The number of hydrogen-bond donors (Lipinski definition) is 2. The zero-order chi connectivity index (χ0) is 19.6. The van der Waals surface area contributed by atoms with Gasteiger partial charge in [0.25, 0.3) is 11.6 Å². The molecular formula is C19H18N4O3S. The number of aliphatic imine (C=N–C) groups is 1. The Balaban J connectivity index is 1.91. The van der Waals surface area contributed by atoms with Gasteiger partial charge in [-0.2, -0.15) is 0 Å². The van der Waals surface area contributed by atoms with Gasteiger partial charge < -0.3 is 10.6 Å². The van der Waals surface area contributed by atoms with E-state index in [-0.39, 0.29) is 11.6 Å². The van der Waals surface area contributed by atoms with E-state index in [0.717, 1.165) is 16.8 Å². The van der Waals surface area contributed by atoms with Gasteiger partial charge >= 0.3 is 0 Å². The van der Waals surface area contributed by atoms with Crippen LogP contribution in [-0.2, 0) is 4.79 Å². The Hall–Kier alpha value is -3.13. The monoisotopic (exact) mass is 382 g/mol. The SMILES string of the molecule is CNc1ccc(/C=C2\SC(=Nc3c(C)cccc3C)NC2=O)cc1[N+](=O)[O-]. The van der Waals surface area contributed by atoms with Crippen LogP contribution in [0.2, 0.25) is 0 Å². The number of carbonyl (C=O) groups is 1. The van der Waals surface area contributed by atoms with Gasteiger partial charge in [0, 0.05) is 13.1 Å². The standard InChI is InChI=1S/C19H18N4O3S/c1-11-5-4-6-12(2)17(11)21-19-22-18(24)16(27-19)10-13-7-8-14(20-3)15(9-13)23(25)26/h4-10,20H,1-3H3,(H,21,22,24)/b16-10-. The highest BCUT2D eigenvalue weighted by Crippen LogP contribution is 2.32. The molecule has 7 nitrogen and oxygen atoms in total. The van der Waals surface area contributed by atoms with Gasteiger partial charge in [-0.1, -0.05) is 24.3 Å². The van der Waals surface area contributed by atoms with Crippen molar-refractivity contribution in [2.24, 2.45) is 4.99 Å². The summed E-state index contributed by atoms with van der Waals surface area (Å²) in [5.74, 6) is -0.273. The van der Waals surface area contributed by atoms with Crippen molar-refractivity contribution in [1.29, 1.82) is 0 Å². The molecule has 1 saturated heterocycles. The number of carbonyl (C=O) groups excluding carboxylic acids is 1. The summed E-state index contributed by atoms with van der Waals surface area (Å²) < 4.78 is 0. The predicted octanol–water partition coefficient (Wildman–Crippen LogP) is 4.14. The minimum atomic E-state index is -0.455. The molecule has 27 heavy (non-hydrogen) atoms. The molecule has 2 N–H and O–H groups in total. The quantitative estimate of drug-likeness (QED) is 0.470. The van der Waals surface area contributed by atoms with E-state index in [1.54, 1.807) is 25.3 Å². The molecule has 3 rings (SSSR count). The molecule has 0 atom stereocenters. The number of aryl methyl sites for hydroxylation is 2. The average molecular weight is 382 g/mol. The number of thioether (sulfide) groups is 1. The van der Waals surface area contributed by atoms with E-state index < -0.39 is 4.92 Å². The van der Waals surface area contributed by atoms with Crippen LogP contribution in [0, 0.1) is 24.0 Å². The fourth-order valence-electron chi connectivity index (χ4n) is 2.72. The van der Waals surface area contributed by atoms with Crippen LogP contribution >= 0.6 is 11.8 Å². The zero-order valence-electron chi connectivity index (χ0n) is 15.1. The maximum atomic E-state index is 12.3. The molecule has 0 bridgehead atoms. The molecule has 2 aromatic carbocycles. The Labute approximate surface area is 160 Å². The third-order valence-electron chi connectivity index (χ3n) is 4.09. The molecule has 1 aliphatic rings. The van der Waals surface area contributed by atoms with E-state index in [1.165, 1.54) is 17.8 Å². The van der Waals surface area contributed by atoms with Crippen LogP contribution in [0.3, 0.4) is 0 Å². The van der Waals surface area contributed by atoms with Crippen molar-refractivity contribution in [3.05, 3.63) is 68.1 Å². The summed E-state index contributed by atoms with van der Waals surface area (Å²) in [6.45, 7) is 3.93. The average Bonchev–Trinajstić information content (AvgIpc) is 2.97. The second-order valence-electron chi connectivity index (χ2n) is 6.01. The molecule has 0 spiro atoms. The Kier molecular flexibility index (Phi) is 5.27. The molecule has 0 aromatic heterocycles. The van der Waals surface area contributed by atoms with E-state index in [0.29, 0.717) is 21.3 Å². The molecule has 8 heteroatoms. The van der Waals surface area contributed by atoms with Gasteiger partial charge in [0.1, 0.15) is 5.69 Å². The van der Waals surface area contributed by atoms with Crippen LogP contribution in [0.4, 0.5) is 17.1 Å². The van der Waals surface area contributed by atoms with Crippen LogP contribution < -0.4 is 10.6 Å². The van der Waals surface area contributed by atoms with Crippen molar-refractivity contribution in [1.82, 2.24) is 5.32 Å². The Morgan fingerprint density at radius 1 is 1.22 bits per heavy atom. The van der Waals surface area contributed by atoms with Gasteiger partial charge in [0.15, 0.2) is 5.17 Å². The summed E-state index contributed by atoms with van der Waals surface area (Å²) in [6, 6.07) is 10.7. The Morgan fingerprint density at radius 2 is 1.93 bits per heavy atom. The number of amidine groups is 1. The number of hydrogen-bond acceptors (Lipinski definition) is 6. The number of benzene rings is 2. The van der Waals surface area contributed by atoms with Crippen LogP contribution in [0.15, 0.2) is 46.3 Å². The first-order chi connectivity index (χ1) is 12.9. The van der Waals surface area contributed by atoms with Gasteiger partial charge in [0.2, 0.25) is 0 Å². The van der Waals surface area contributed by atoms with Crippen molar-refractivity contribution in [2.45, 2.75) is 13.8 Å². The molecule has 0 saturated carbocycles. The maximum Gasteiger partial charge on any atom is 0.292 e. The highest BCUT2D eigenvalue weighted by molar-refractivity contribution is 8.18. The molecular weight excluding hydrogens is 364 g/mol. The van der Waals surface area contributed by atoms with E-state index in [2.05, 4.69) is 15.6 Å². The molecule has 138 valence electrons. The van der Waals surface area contributed by atoms with Crippen LogP contribution in [-0.4, -0.2) is 23.0 Å². The summed E-state index contributed by atoms with van der Waals surface area (Å²) >= 11 is 1.22. The number of anilines is 1. The highest BCUT2D eigenvalue weighted by atomic mass is 32.2. The lowest BCUT2D eigenvalue weighted by atomic mass is 10.1. The fourth-order valence-corrected chi connectivity index (χ4v) is 3.54. The first-order valence-corrected chi connectivity index (χ1v) is 9.02. The lowest BCUT2D eigenvalue weighted by Gasteiger charge is -2.04. The highest BCUT2D eigenvalue weighted by Gasteiger charge is 2.24. The topological polar surface area (TPSA) is 96.6 Å². The first-order valence-electron chi connectivity index (χ1n) is 8.21. The molecule has 1 aliphatic heterocycles. The van der Waals surface area contributed by atoms with Crippen LogP contribution in [0.5, 0.6) is 0 Å². The third kappa shape index (κ3) is 4.01. The van der Waals surface area contributed by atoms with Crippen molar-refractivity contribution in [2.75, 3.05) is 12.4 Å². The normalized spacial score (nSPS) is 16.6. The van der Waals surface area contributed by atoms with E-state index in [4.69, 9.17) is 0 Å². The van der Waals surface area contributed by atoms with Gasteiger partial charge in [-0.05, 0) is 54.4 Å². The number of para-hydroxylation sites is 1. The fraction of sp³-hybridized carbons (Fsp3) is 0.158. The lowest BCUT2D eigenvalue weighted by Crippen LogP contribution is -2.19. The minimum absolute atomic E-state index is 0.0420. The Bertz CT molecular complexity index is 978. The second kappa shape index (κ2) is 7.63. The Morgan fingerprint density at radius 3 is 2.56 bits per heavy atom. The minimum Gasteiger partial charge on any atom is -0.383 e. The molecule has 0 unspecified atom stereocenters. The molecule has 1 amide bonds. The summed E-state index contributed by atoms with van der Waals surface area (Å²) in [7, 11) is 1.62. The smallest absolute Gasteiger partial charge is 0.292 e. The van der Waals surface area contributed by atoms with E-state index in [9.17, 15) is 14.9 Å². The van der Waals surface area contributed by atoms with Gasteiger partial charge in [-0.3, -0.25) is 14.9 Å². The molecule has 0 radical (unpaired) electrons. The third-order valence-corrected chi connectivity index (χ3v) is 5.00. The molecule has 1 fully saturated rings. The van der Waals surface area contributed by atoms with Crippen LogP contribution in [0.1, 0.15) is 16.7 Å².